The molecule has 0 heterocycles. The fourth-order valence-electron chi connectivity index (χ4n) is 5.48. The molecule has 0 aliphatic heterocycles. The number of hydrogen-bond donors (Lipinski definition) is 0. The van der Waals surface area contributed by atoms with Gasteiger partial charge in [0.1, 0.15) is 17.4 Å². The van der Waals surface area contributed by atoms with Crippen molar-refractivity contribution in [1.29, 1.82) is 0 Å². The van der Waals surface area contributed by atoms with Crippen molar-refractivity contribution in [3.63, 3.8) is 0 Å². The molecule has 0 amide bonds. The first-order chi connectivity index (χ1) is 17.9. The molecule has 1 saturated carbocycles. The molecule has 0 spiro atoms. The summed E-state index contributed by atoms with van der Waals surface area (Å²) in [5.41, 5.74) is 3.02. The molecule has 1 aliphatic rings. The quantitative estimate of drug-likeness (QED) is 0.166. The lowest BCUT2D eigenvalue weighted by molar-refractivity contribution is 0.0734. The van der Waals surface area contributed by atoms with Gasteiger partial charge in [0.25, 0.3) is 0 Å². The molecule has 3 aromatic rings. The predicted molar refractivity (Wildman–Crippen MR) is 145 cm³/mol. The lowest BCUT2D eigenvalue weighted by Crippen LogP contribution is -2.15. The normalized spacial score (nSPS) is 18.6. The van der Waals surface area contributed by atoms with E-state index in [2.05, 4.69) is 37.3 Å². The number of allylic oxidation sites excluding steroid dienone is 2. The van der Waals surface area contributed by atoms with Gasteiger partial charge in [0.15, 0.2) is 0 Å². The second-order valence-corrected chi connectivity index (χ2v) is 10.2. The Labute approximate surface area is 219 Å². The Hall–Kier alpha value is -3.27. The van der Waals surface area contributed by atoms with Crippen LogP contribution in [-0.2, 0) is 6.42 Å². The Bertz CT molecular complexity index is 1170. The van der Waals surface area contributed by atoms with E-state index in [9.17, 15) is 13.6 Å². The molecule has 1 atom stereocenters. The highest BCUT2D eigenvalue weighted by Crippen LogP contribution is 2.39. The van der Waals surface area contributed by atoms with E-state index in [0.717, 1.165) is 30.9 Å². The first-order valence-electron chi connectivity index (χ1n) is 13.4. The summed E-state index contributed by atoms with van der Waals surface area (Å²) in [6.07, 6.45) is 10.4. The van der Waals surface area contributed by atoms with Gasteiger partial charge in [-0.1, -0.05) is 61.5 Å². The van der Waals surface area contributed by atoms with E-state index in [-0.39, 0.29) is 17.7 Å². The van der Waals surface area contributed by atoms with E-state index in [1.165, 1.54) is 30.4 Å². The zero-order chi connectivity index (χ0) is 26.2. The van der Waals surface area contributed by atoms with Gasteiger partial charge in [-0.3, -0.25) is 0 Å². The molecular formula is C33H36F2O2. The Morgan fingerprint density at radius 3 is 2.24 bits per heavy atom. The fourth-order valence-corrected chi connectivity index (χ4v) is 5.48. The summed E-state index contributed by atoms with van der Waals surface area (Å²) in [5, 5.41) is 0. The van der Waals surface area contributed by atoms with Gasteiger partial charge in [-0.15, -0.1) is 0 Å². The first kappa shape index (κ1) is 26.8. The molecule has 37 heavy (non-hydrogen) atoms. The smallest absolute Gasteiger partial charge is 0.343 e. The lowest BCUT2D eigenvalue weighted by Gasteiger charge is -2.30. The SMILES string of the molecule is C/C=C/CCc1c(F)cc(OC(=O)c2ccc(C3CCC(CC(C)c4ccccc4)CC3)cc2)cc1F. The summed E-state index contributed by atoms with van der Waals surface area (Å²) < 4.78 is 34.0. The molecule has 194 valence electrons. The molecule has 4 rings (SSSR count). The molecule has 4 heteroatoms. The van der Waals surface area contributed by atoms with Gasteiger partial charge in [0, 0.05) is 17.7 Å². The molecular weight excluding hydrogens is 466 g/mol. The number of rotatable bonds is 9. The van der Waals surface area contributed by atoms with Crippen molar-refractivity contribution in [3.05, 3.63) is 113 Å². The van der Waals surface area contributed by atoms with Crippen LogP contribution in [0.4, 0.5) is 8.78 Å². The number of ether oxygens (including phenoxy) is 1. The molecule has 1 unspecified atom stereocenters. The van der Waals surface area contributed by atoms with Gasteiger partial charge in [-0.25, -0.2) is 13.6 Å². The molecule has 3 aromatic carbocycles. The number of carbonyl (C=O) groups is 1. The predicted octanol–water partition coefficient (Wildman–Crippen LogP) is 9.16. The summed E-state index contributed by atoms with van der Waals surface area (Å²) in [7, 11) is 0. The van der Waals surface area contributed by atoms with Crippen LogP contribution in [-0.4, -0.2) is 5.97 Å². The second-order valence-electron chi connectivity index (χ2n) is 10.2. The highest BCUT2D eigenvalue weighted by molar-refractivity contribution is 5.91. The van der Waals surface area contributed by atoms with Crippen LogP contribution >= 0.6 is 0 Å². The van der Waals surface area contributed by atoms with Crippen LogP contribution in [0.3, 0.4) is 0 Å². The van der Waals surface area contributed by atoms with Crippen LogP contribution in [0.25, 0.3) is 0 Å². The van der Waals surface area contributed by atoms with E-state index in [0.29, 0.717) is 23.8 Å². The third-order valence-corrected chi connectivity index (χ3v) is 7.64. The fraction of sp³-hybridized carbons (Fsp3) is 0.364. The third-order valence-electron chi connectivity index (χ3n) is 7.64. The molecule has 0 N–H and O–H groups in total. The highest BCUT2D eigenvalue weighted by Gasteiger charge is 2.24. The van der Waals surface area contributed by atoms with Crippen LogP contribution in [0.5, 0.6) is 5.75 Å². The maximum atomic E-state index is 14.4. The first-order valence-corrected chi connectivity index (χ1v) is 13.4. The Kier molecular flexibility index (Phi) is 9.27. The summed E-state index contributed by atoms with van der Waals surface area (Å²) in [5.74, 6) is -0.326. The van der Waals surface area contributed by atoms with Gasteiger partial charge in [0.05, 0.1) is 5.56 Å². The van der Waals surface area contributed by atoms with Crippen molar-refractivity contribution >= 4 is 5.97 Å². The van der Waals surface area contributed by atoms with Crippen molar-refractivity contribution in [2.24, 2.45) is 5.92 Å². The number of esters is 1. The van der Waals surface area contributed by atoms with Gasteiger partial charge < -0.3 is 4.74 Å². The third kappa shape index (κ3) is 7.15. The van der Waals surface area contributed by atoms with Crippen LogP contribution in [0.2, 0.25) is 0 Å². The molecule has 0 saturated heterocycles. The van der Waals surface area contributed by atoms with Crippen molar-refractivity contribution in [2.75, 3.05) is 0 Å². The average Bonchev–Trinajstić information content (AvgIpc) is 2.91. The van der Waals surface area contributed by atoms with Crippen LogP contribution < -0.4 is 4.74 Å². The molecule has 2 nitrogen and oxygen atoms in total. The summed E-state index contributed by atoms with van der Waals surface area (Å²) in [6.45, 7) is 4.18. The van der Waals surface area contributed by atoms with E-state index < -0.39 is 17.6 Å². The van der Waals surface area contributed by atoms with Crippen LogP contribution in [0.1, 0.15) is 91.3 Å². The van der Waals surface area contributed by atoms with E-state index in [4.69, 9.17) is 4.74 Å². The van der Waals surface area contributed by atoms with E-state index in [1.54, 1.807) is 12.1 Å². The summed E-state index contributed by atoms with van der Waals surface area (Å²) >= 11 is 0. The van der Waals surface area contributed by atoms with E-state index >= 15 is 0 Å². The number of carbonyl (C=O) groups excluding carboxylic acids is 1. The van der Waals surface area contributed by atoms with Crippen molar-refractivity contribution < 1.29 is 18.3 Å². The Morgan fingerprint density at radius 1 is 0.973 bits per heavy atom. The Balaban J connectivity index is 1.30. The standard InChI is InChI=1S/C33H36F2O2/c1-3-4-6-11-30-31(34)21-29(22-32(30)35)37-33(36)28-18-16-27(17-19-28)26-14-12-24(13-15-26)20-23(2)25-9-7-5-8-10-25/h3-5,7-10,16-19,21-24,26H,6,11-15,20H2,1-2H3/b4-3+. The zero-order valence-electron chi connectivity index (χ0n) is 21.8. The van der Waals surface area contributed by atoms with Gasteiger partial charge >= 0.3 is 5.97 Å². The lowest BCUT2D eigenvalue weighted by atomic mass is 9.75. The maximum Gasteiger partial charge on any atom is 0.343 e. The molecule has 1 aliphatic carbocycles. The van der Waals surface area contributed by atoms with Crippen molar-refractivity contribution in [2.45, 2.75) is 70.6 Å². The number of hydrogen-bond acceptors (Lipinski definition) is 2. The van der Waals surface area contributed by atoms with Crippen LogP contribution in [0.15, 0.2) is 78.9 Å². The van der Waals surface area contributed by atoms with Crippen LogP contribution in [0, 0.1) is 17.6 Å². The maximum absolute atomic E-state index is 14.4. The van der Waals surface area contributed by atoms with Gasteiger partial charge in [-0.05, 0) is 92.9 Å². The monoisotopic (exact) mass is 502 g/mol. The van der Waals surface area contributed by atoms with Crippen molar-refractivity contribution in [3.8, 4) is 5.75 Å². The average molecular weight is 503 g/mol. The number of halogens is 2. The van der Waals surface area contributed by atoms with Gasteiger partial charge in [-0.2, -0.15) is 0 Å². The zero-order valence-corrected chi connectivity index (χ0v) is 21.8. The number of benzene rings is 3. The minimum absolute atomic E-state index is 0.00601. The van der Waals surface area contributed by atoms with E-state index in [1.807, 2.05) is 31.2 Å². The van der Waals surface area contributed by atoms with Gasteiger partial charge in [0.2, 0.25) is 0 Å². The van der Waals surface area contributed by atoms with Crippen molar-refractivity contribution in [1.82, 2.24) is 0 Å². The molecule has 1 fully saturated rings. The summed E-state index contributed by atoms with van der Waals surface area (Å²) in [4.78, 5) is 12.6. The Morgan fingerprint density at radius 2 is 1.62 bits per heavy atom. The topological polar surface area (TPSA) is 26.3 Å². The minimum atomic E-state index is -0.698. The largest absolute Gasteiger partial charge is 0.423 e. The second kappa shape index (κ2) is 12.8. The molecule has 0 bridgehead atoms. The highest BCUT2D eigenvalue weighted by atomic mass is 19.1. The summed E-state index contributed by atoms with van der Waals surface area (Å²) in [6, 6.07) is 20.4. The minimum Gasteiger partial charge on any atom is -0.423 e. The molecule has 0 radical (unpaired) electrons. The molecule has 0 aromatic heterocycles.